The summed E-state index contributed by atoms with van der Waals surface area (Å²) in [4.78, 5) is 3.26. The van der Waals surface area contributed by atoms with Crippen molar-refractivity contribution in [2.45, 2.75) is 19.6 Å². The standard InChI is InChI=1S/C8H6F5NO2/c9-2-4-1-5(10)7(6(3-15)14-4)16-8(11,12)13/h1,15H,2-3H2. The average molecular weight is 243 g/mol. The van der Waals surface area contributed by atoms with Gasteiger partial charge in [0.2, 0.25) is 0 Å². The van der Waals surface area contributed by atoms with Gasteiger partial charge >= 0.3 is 6.36 Å². The van der Waals surface area contributed by atoms with E-state index in [1.807, 2.05) is 0 Å². The predicted octanol–water partition coefficient (Wildman–Crippen LogP) is 2.08. The summed E-state index contributed by atoms with van der Waals surface area (Å²) < 4.78 is 64.1. The molecule has 0 spiro atoms. The van der Waals surface area contributed by atoms with Crippen LogP contribution in [0.15, 0.2) is 6.07 Å². The first-order valence-corrected chi connectivity index (χ1v) is 3.98. The zero-order valence-electron chi connectivity index (χ0n) is 7.68. The number of hydrogen-bond acceptors (Lipinski definition) is 3. The van der Waals surface area contributed by atoms with Crippen molar-refractivity contribution in [2.75, 3.05) is 0 Å². The molecule has 0 unspecified atom stereocenters. The molecular weight excluding hydrogens is 237 g/mol. The molecule has 0 fully saturated rings. The fourth-order valence-corrected chi connectivity index (χ4v) is 1.01. The molecule has 16 heavy (non-hydrogen) atoms. The molecule has 0 amide bonds. The number of halogens is 5. The number of ether oxygens (including phenoxy) is 1. The van der Waals surface area contributed by atoms with E-state index in [1.54, 1.807) is 0 Å². The number of rotatable bonds is 3. The number of nitrogens with zero attached hydrogens (tertiary/aromatic N) is 1. The minimum Gasteiger partial charge on any atom is -0.401 e. The van der Waals surface area contributed by atoms with Crippen LogP contribution in [0.25, 0.3) is 0 Å². The fraction of sp³-hybridized carbons (Fsp3) is 0.375. The Kier molecular flexibility index (Phi) is 3.63. The quantitative estimate of drug-likeness (QED) is 0.826. The van der Waals surface area contributed by atoms with Crippen LogP contribution >= 0.6 is 0 Å². The Morgan fingerprint density at radius 2 is 2.00 bits per heavy atom. The van der Waals surface area contributed by atoms with E-state index in [2.05, 4.69) is 9.72 Å². The summed E-state index contributed by atoms with van der Waals surface area (Å²) in [5.41, 5.74) is -1.12. The largest absolute Gasteiger partial charge is 0.573 e. The Morgan fingerprint density at radius 3 is 2.44 bits per heavy atom. The molecule has 0 aliphatic heterocycles. The number of pyridine rings is 1. The van der Waals surface area contributed by atoms with Crippen LogP contribution in [-0.4, -0.2) is 16.5 Å². The van der Waals surface area contributed by atoms with Crippen LogP contribution in [0.2, 0.25) is 0 Å². The number of alkyl halides is 4. The fourth-order valence-electron chi connectivity index (χ4n) is 1.01. The van der Waals surface area contributed by atoms with E-state index in [0.717, 1.165) is 0 Å². The van der Waals surface area contributed by atoms with Crippen LogP contribution in [0.1, 0.15) is 11.4 Å². The van der Waals surface area contributed by atoms with Gasteiger partial charge < -0.3 is 9.84 Å². The first-order valence-electron chi connectivity index (χ1n) is 3.98. The zero-order valence-corrected chi connectivity index (χ0v) is 7.68. The van der Waals surface area contributed by atoms with Gasteiger partial charge in [-0.15, -0.1) is 13.2 Å². The number of aliphatic hydroxyl groups excluding tert-OH is 1. The molecule has 0 atom stereocenters. The van der Waals surface area contributed by atoms with Crippen molar-refractivity contribution in [1.82, 2.24) is 4.98 Å². The Hall–Kier alpha value is -1.44. The minimum atomic E-state index is -5.11. The Bertz CT molecular complexity index is 379. The highest BCUT2D eigenvalue weighted by molar-refractivity contribution is 5.31. The molecule has 0 saturated heterocycles. The molecule has 3 nitrogen and oxygen atoms in total. The third kappa shape index (κ3) is 3.02. The van der Waals surface area contributed by atoms with Gasteiger partial charge in [-0.3, -0.25) is 0 Å². The molecule has 1 aromatic rings. The minimum absolute atomic E-state index is 0.420. The van der Waals surface area contributed by atoms with E-state index in [0.29, 0.717) is 6.07 Å². The Labute approximate surface area is 86.5 Å². The van der Waals surface area contributed by atoms with Crippen LogP contribution in [-0.2, 0) is 13.3 Å². The molecular formula is C8H6F5NO2. The van der Waals surface area contributed by atoms with Gasteiger partial charge in [0.25, 0.3) is 0 Å². The molecule has 0 aliphatic rings. The molecule has 1 N–H and O–H groups in total. The van der Waals surface area contributed by atoms with Gasteiger partial charge in [-0.25, -0.2) is 13.8 Å². The lowest BCUT2D eigenvalue weighted by atomic mass is 10.2. The van der Waals surface area contributed by atoms with Crippen molar-refractivity contribution in [3.05, 3.63) is 23.3 Å². The van der Waals surface area contributed by atoms with Gasteiger partial charge in [-0.1, -0.05) is 0 Å². The summed E-state index contributed by atoms with van der Waals surface area (Å²) in [6.07, 6.45) is -5.11. The lowest BCUT2D eigenvalue weighted by molar-refractivity contribution is -0.276. The molecule has 8 heteroatoms. The van der Waals surface area contributed by atoms with Crippen molar-refractivity contribution < 1.29 is 31.8 Å². The summed E-state index contributed by atoms with van der Waals surface area (Å²) in [6.45, 7) is -2.15. The van der Waals surface area contributed by atoms with Gasteiger partial charge in [-0.2, -0.15) is 0 Å². The lowest BCUT2D eigenvalue weighted by Gasteiger charge is -2.12. The lowest BCUT2D eigenvalue weighted by Crippen LogP contribution is -2.20. The van der Waals surface area contributed by atoms with Crippen molar-refractivity contribution in [3.63, 3.8) is 0 Å². The maximum atomic E-state index is 13.1. The first kappa shape index (κ1) is 12.6. The first-order chi connectivity index (χ1) is 7.37. The molecule has 90 valence electrons. The van der Waals surface area contributed by atoms with E-state index in [-0.39, 0.29) is 0 Å². The Balaban J connectivity index is 3.16. The summed E-state index contributed by atoms with van der Waals surface area (Å²) in [7, 11) is 0. The second-order valence-corrected chi connectivity index (χ2v) is 2.71. The van der Waals surface area contributed by atoms with E-state index >= 15 is 0 Å². The molecule has 1 rings (SSSR count). The van der Waals surface area contributed by atoms with E-state index in [9.17, 15) is 22.0 Å². The molecule has 1 heterocycles. The van der Waals surface area contributed by atoms with Crippen molar-refractivity contribution >= 4 is 0 Å². The number of aromatic nitrogens is 1. The van der Waals surface area contributed by atoms with Gasteiger partial charge in [-0.05, 0) is 0 Å². The molecule has 0 bridgehead atoms. The van der Waals surface area contributed by atoms with Gasteiger partial charge in [0.15, 0.2) is 11.6 Å². The van der Waals surface area contributed by atoms with Crippen LogP contribution in [0.3, 0.4) is 0 Å². The number of hydrogen-bond donors (Lipinski definition) is 1. The third-order valence-electron chi connectivity index (χ3n) is 1.56. The predicted molar refractivity (Wildman–Crippen MR) is 41.6 cm³/mol. The monoisotopic (exact) mass is 243 g/mol. The van der Waals surface area contributed by atoms with Crippen LogP contribution < -0.4 is 4.74 Å². The summed E-state index contributed by atoms with van der Waals surface area (Å²) in [6, 6.07) is 0.472. The molecule has 1 aromatic heterocycles. The SMILES string of the molecule is OCc1nc(CF)cc(F)c1OC(F)(F)F. The van der Waals surface area contributed by atoms with Gasteiger partial charge in [0.1, 0.15) is 12.4 Å². The average Bonchev–Trinajstić information content (AvgIpc) is 2.19. The summed E-state index contributed by atoms with van der Waals surface area (Å²) in [5.74, 6) is -2.67. The van der Waals surface area contributed by atoms with Crippen LogP contribution in [0, 0.1) is 5.82 Å². The van der Waals surface area contributed by atoms with E-state index in [4.69, 9.17) is 5.11 Å². The zero-order chi connectivity index (χ0) is 12.3. The van der Waals surface area contributed by atoms with Crippen molar-refractivity contribution in [2.24, 2.45) is 0 Å². The highest BCUT2D eigenvalue weighted by Crippen LogP contribution is 2.29. The smallest absolute Gasteiger partial charge is 0.401 e. The van der Waals surface area contributed by atoms with E-state index < -0.39 is 42.6 Å². The third-order valence-corrected chi connectivity index (χ3v) is 1.56. The molecule has 0 aromatic carbocycles. The van der Waals surface area contributed by atoms with Gasteiger partial charge in [0.05, 0.1) is 12.3 Å². The summed E-state index contributed by atoms with van der Waals surface area (Å²) >= 11 is 0. The molecule has 0 radical (unpaired) electrons. The summed E-state index contributed by atoms with van der Waals surface area (Å²) in [5, 5.41) is 8.66. The normalized spacial score (nSPS) is 11.6. The van der Waals surface area contributed by atoms with Crippen LogP contribution in [0.5, 0.6) is 5.75 Å². The van der Waals surface area contributed by atoms with Crippen molar-refractivity contribution in [1.29, 1.82) is 0 Å². The topological polar surface area (TPSA) is 42.4 Å². The van der Waals surface area contributed by atoms with Crippen LogP contribution in [0.4, 0.5) is 22.0 Å². The second-order valence-electron chi connectivity index (χ2n) is 2.71. The molecule has 0 saturated carbocycles. The maximum absolute atomic E-state index is 13.1. The van der Waals surface area contributed by atoms with Gasteiger partial charge in [0, 0.05) is 6.07 Å². The number of aliphatic hydroxyl groups is 1. The van der Waals surface area contributed by atoms with E-state index in [1.165, 1.54) is 0 Å². The van der Waals surface area contributed by atoms with Crippen molar-refractivity contribution in [3.8, 4) is 5.75 Å². The second kappa shape index (κ2) is 4.60. The highest BCUT2D eigenvalue weighted by atomic mass is 19.4. The Morgan fingerprint density at radius 1 is 1.38 bits per heavy atom. The molecule has 0 aliphatic carbocycles. The maximum Gasteiger partial charge on any atom is 0.573 e. The highest BCUT2D eigenvalue weighted by Gasteiger charge is 2.34.